The Morgan fingerprint density at radius 3 is 2.33 bits per heavy atom. The fourth-order valence-corrected chi connectivity index (χ4v) is 4.14. The maximum atomic E-state index is 13.5. The summed E-state index contributed by atoms with van der Waals surface area (Å²) in [6.45, 7) is -0.0262. The molecule has 0 saturated carbocycles. The number of halogens is 3. The van der Waals surface area contributed by atoms with Crippen LogP contribution in [0.3, 0.4) is 0 Å². The van der Waals surface area contributed by atoms with Gasteiger partial charge in [-0.3, -0.25) is 0 Å². The maximum Gasteiger partial charge on any atom is 0.206 e. The number of sulfone groups is 1. The molecule has 140 valence electrons. The Hall–Kier alpha value is -2.64. The zero-order valence-corrected chi connectivity index (χ0v) is 15.4. The molecule has 3 aromatic carbocycles. The molecule has 0 aliphatic heterocycles. The van der Waals surface area contributed by atoms with Gasteiger partial charge in [-0.2, -0.15) is 4.39 Å². The van der Waals surface area contributed by atoms with Crippen molar-refractivity contribution in [3.8, 4) is 5.75 Å². The fourth-order valence-electron chi connectivity index (χ4n) is 2.53. The second kappa shape index (κ2) is 7.54. The van der Waals surface area contributed by atoms with Crippen LogP contribution in [0.4, 0.5) is 14.5 Å². The standard InChI is InChI=1S/C19H14ClF2NO3S/c20-13-5-7-14(8-6-13)27(25,26)17-4-2-1-3-12(17)11-23-16-10-9-15(21)18(22)19(16)24/h1-10,23-24H,11H2. The monoisotopic (exact) mass is 409 g/mol. The van der Waals surface area contributed by atoms with Crippen LogP contribution >= 0.6 is 11.6 Å². The van der Waals surface area contributed by atoms with Gasteiger partial charge in [-0.25, -0.2) is 12.8 Å². The van der Waals surface area contributed by atoms with E-state index in [-0.39, 0.29) is 22.0 Å². The van der Waals surface area contributed by atoms with Crippen molar-refractivity contribution in [2.75, 3.05) is 5.32 Å². The molecule has 27 heavy (non-hydrogen) atoms. The van der Waals surface area contributed by atoms with Crippen LogP contribution in [-0.4, -0.2) is 13.5 Å². The van der Waals surface area contributed by atoms with E-state index in [2.05, 4.69) is 5.32 Å². The number of hydrogen-bond acceptors (Lipinski definition) is 4. The molecule has 0 spiro atoms. The lowest BCUT2D eigenvalue weighted by Gasteiger charge is -2.13. The summed E-state index contributed by atoms with van der Waals surface area (Å²) in [6.07, 6.45) is 0. The van der Waals surface area contributed by atoms with Crippen molar-refractivity contribution in [2.45, 2.75) is 16.3 Å². The molecule has 0 radical (unpaired) electrons. The van der Waals surface area contributed by atoms with E-state index in [1.54, 1.807) is 18.2 Å². The third-order valence-electron chi connectivity index (χ3n) is 3.92. The summed E-state index contributed by atoms with van der Waals surface area (Å²) >= 11 is 5.81. The Balaban J connectivity index is 1.93. The summed E-state index contributed by atoms with van der Waals surface area (Å²) in [4.78, 5) is 0.136. The molecule has 0 atom stereocenters. The van der Waals surface area contributed by atoms with Gasteiger partial charge < -0.3 is 10.4 Å². The predicted octanol–water partition coefficient (Wildman–Crippen LogP) is 4.77. The van der Waals surface area contributed by atoms with Crippen molar-refractivity contribution in [3.05, 3.63) is 82.9 Å². The van der Waals surface area contributed by atoms with Crippen molar-refractivity contribution in [1.82, 2.24) is 0 Å². The molecular weight excluding hydrogens is 396 g/mol. The Bertz CT molecular complexity index is 1090. The van der Waals surface area contributed by atoms with E-state index in [1.165, 1.54) is 36.4 Å². The number of rotatable bonds is 5. The van der Waals surface area contributed by atoms with Crippen LogP contribution in [0, 0.1) is 11.6 Å². The number of aromatic hydroxyl groups is 1. The van der Waals surface area contributed by atoms with Crippen LogP contribution in [0.25, 0.3) is 0 Å². The molecule has 0 heterocycles. The van der Waals surface area contributed by atoms with Gasteiger partial charge in [0.1, 0.15) is 0 Å². The van der Waals surface area contributed by atoms with E-state index in [4.69, 9.17) is 11.6 Å². The summed E-state index contributed by atoms with van der Waals surface area (Å²) in [5.74, 6) is -3.42. The van der Waals surface area contributed by atoms with Crippen molar-refractivity contribution in [2.24, 2.45) is 0 Å². The molecule has 0 saturated heterocycles. The number of phenolic OH excluding ortho intramolecular Hbond substituents is 1. The number of hydrogen-bond donors (Lipinski definition) is 2. The van der Waals surface area contributed by atoms with Crippen molar-refractivity contribution < 1.29 is 22.3 Å². The largest absolute Gasteiger partial charge is 0.503 e. The lowest BCUT2D eigenvalue weighted by atomic mass is 10.2. The highest BCUT2D eigenvalue weighted by atomic mass is 35.5. The fraction of sp³-hybridized carbons (Fsp3) is 0.0526. The first-order valence-electron chi connectivity index (χ1n) is 7.80. The zero-order chi connectivity index (χ0) is 19.6. The predicted molar refractivity (Wildman–Crippen MR) is 98.7 cm³/mol. The highest BCUT2D eigenvalue weighted by Crippen LogP contribution is 2.30. The molecule has 3 rings (SSSR count). The Morgan fingerprint density at radius 2 is 1.63 bits per heavy atom. The van der Waals surface area contributed by atoms with Crippen molar-refractivity contribution in [3.63, 3.8) is 0 Å². The van der Waals surface area contributed by atoms with Crippen LogP contribution in [0.2, 0.25) is 5.02 Å². The summed E-state index contributed by atoms with van der Waals surface area (Å²) in [6, 6.07) is 14.1. The van der Waals surface area contributed by atoms with Gasteiger partial charge in [-0.1, -0.05) is 29.8 Å². The van der Waals surface area contributed by atoms with E-state index in [0.717, 1.165) is 6.07 Å². The molecule has 4 nitrogen and oxygen atoms in total. The van der Waals surface area contributed by atoms with Crippen molar-refractivity contribution in [1.29, 1.82) is 0 Å². The Kier molecular flexibility index (Phi) is 5.34. The summed E-state index contributed by atoms with van der Waals surface area (Å²) in [7, 11) is -3.81. The minimum atomic E-state index is -3.81. The summed E-state index contributed by atoms with van der Waals surface area (Å²) < 4.78 is 52.4. The van der Waals surface area contributed by atoms with E-state index >= 15 is 0 Å². The molecule has 0 fully saturated rings. The first kappa shape index (κ1) is 19.1. The average Bonchev–Trinajstić information content (AvgIpc) is 2.66. The quantitative estimate of drug-likeness (QED) is 0.596. The van der Waals surface area contributed by atoms with E-state index in [0.29, 0.717) is 10.6 Å². The van der Waals surface area contributed by atoms with E-state index < -0.39 is 27.2 Å². The molecule has 0 unspecified atom stereocenters. The smallest absolute Gasteiger partial charge is 0.206 e. The van der Waals surface area contributed by atoms with Gasteiger partial charge >= 0.3 is 0 Å². The lowest BCUT2D eigenvalue weighted by Crippen LogP contribution is -2.09. The summed E-state index contributed by atoms with van der Waals surface area (Å²) in [5.41, 5.74) is 0.351. The maximum absolute atomic E-state index is 13.5. The van der Waals surface area contributed by atoms with Gasteiger partial charge in [0.2, 0.25) is 15.7 Å². The molecule has 8 heteroatoms. The van der Waals surface area contributed by atoms with Gasteiger partial charge in [-0.05, 0) is 48.0 Å². The van der Waals surface area contributed by atoms with Gasteiger partial charge in [0.15, 0.2) is 11.6 Å². The molecule has 0 bridgehead atoms. The second-order valence-corrected chi connectivity index (χ2v) is 8.03. The number of anilines is 1. The van der Waals surface area contributed by atoms with Crippen LogP contribution in [0.5, 0.6) is 5.75 Å². The van der Waals surface area contributed by atoms with Crippen LogP contribution in [0.1, 0.15) is 5.56 Å². The zero-order valence-electron chi connectivity index (χ0n) is 13.8. The Labute approximate surface area is 160 Å². The highest BCUT2D eigenvalue weighted by Gasteiger charge is 2.21. The minimum absolute atomic E-state index is 0.0262. The number of phenols is 1. The normalized spacial score (nSPS) is 11.4. The molecule has 0 aliphatic rings. The van der Waals surface area contributed by atoms with E-state index in [1.807, 2.05) is 0 Å². The lowest BCUT2D eigenvalue weighted by molar-refractivity contribution is 0.409. The first-order valence-corrected chi connectivity index (χ1v) is 9.66. The van der Waals surface area contributed by atoms with Gasteiger partial charge in [0.05, 0.1) is 15.5 Å². The first-order chi connectivity index (χ1) is 12.8. The van der Waals surface area contributed by atoms with E-state index in [9.17, 15) is 22.3 Å². The SMILES string of the molecule is O=S(=O)(c1ccc(Cl)cc1)c1ccccc1CNc1ccc(F)c(F)c1O. The van der Waals surface area contributed by atoms with Crippen molar-refractivity contribution >= 4 is 27.1 Å². The highest BCUT2D eigenvalue weighted by molar-refractivity contribution is 7.91. The van der Waals surface area contributed by atoms with Crippen LogP contribution < -0.4 is 5.32 Å². The summed E-state index contributed by atoms with van der Waals surface area (Å²) in [5, 5.41) is 12.8. The Morgan fingerprint density at radius 1 is 0.963 bits per heavy atom. The number of benzene rings is 3. The van der Waals surface area contributed by atoms with Crippen LogP contribution in [0.15, 0.2) is 70.5 Å². The van der Waals surface area contributed by atoms with Gasteiger partial charge in [0.25, 0.3) is 0 Å². The second-order valence-electron chi connectivity index (χ2n) is 5.68. The molecular formula is C19H14ClF2NO3S. The molecule has 0 aliphatic carbocycles. The molecule has 0 aromatic heterocycles. The van der Waals surface area contributed by atoms with Gasteiger partial charge in [0, 0.05) is 11.6 Å². The minimum Gasteiger partial charge on any atom is -0.503 e. The van der Waals surface area contributed by atoms with Crippen LogP contribution in [-0.2, 0) is 16.4 Å². The third kappa shape index (κ3) is 3.89. The molecule has 2 N–H and O–H groups in total. The average molecular weight is 410 g/mol. The topological polar surface area (TPSA) is 66.4 Å². The van der Waals surface area contributed by atoms with Gasteiger partial charge in [-0.15, -0.1) is 0 Å². The molecule has 0 amide bonds. The number of nitrogens with one attached hydrogen (secondary N) is 1. The molecule has 3 aromatic rings. The third-order valence-corrected chi connectivity index (χ3v) is 6.05.